The van der Waals surface area contributed by atoms with Crippen molar-refractivity contribution in [2.45, 2.75) is 11.8 Å². The Hall–Kier alpha value is -1.23. The van der Waals surface area contributed by atoms with Crippen LogP contribution in [0.25, 0.3) is 0 Å². The van der Waals surface area contributed by atoms with Crippen molar-refractivity contribution in [1.29, 1.82) is 0 Å². The number of anilines is 1. The molecular formula is C16H12BrCl2NO2. The van der Waals surface area contributed by atoms with Gasteiger partial charge in [0.2, 0.25) is 0 Å². The summed E-state index contributed by atoms with van der Waals surface area (Å²) in [7, 11) is 0. The second kappa shape index (κ2) is 5.76. The maximum atomic E-state index is 12.2. The molecule has 2 N–H and O–H groups in total. The highest BCUT2D eigenvalue weighted by Crippen LogP contribution is 2.47. The average molecular weight is 401 g/mol. The van der Waals surface area contributed by atoms with E-state index in [-0.39, 0.29) is 0 Å². The van der Waals surface area contributed by atoms with Crippen LogP contribution in [0.3, 0.4) is 0 Å². The maximum Gasteiger partial charge on any atom is 0.318 e. The van der Waals surface area contributed by atoms with Crippen LogP contribution >= 0.6 is 39.1 Å². The Morgan fingerprint density at radius 3 is 2.55 bits per heavy atom. The summed E-state index contributed by atoms with van der Waals surface area (Å²) in [6, 6.07) is 10.6. The monoisotopic (exact) mass is 399 g/mol. The summed E-state index contributed by atoms with van der Waals surface area (Å²) in [6.07, 6.45) is 0.415. The molecule has 0 aromatic heterocycles. The van der Waals surface area contributed by atoms with Gasteiger partial charge >= 0.3 is 5.97 Å². The number of carboxylic acid groups (broad SMARTS) is 1. The van der Waals surface area contributed by atoms with Gasteiger partial charge in [-0.1, -0.05) is 51.3 Å². The normalized spacial score (nSPS) is 20.1. The Kier molecular flexibility index (Phi) is 4.10. The molecule has 1 atom stereocenters. The number of hydrogen-bond donors (Lipinski definition) is 2. The molecule has 1 heterocycles. The van der Waals surface area contributed by atoms with E-state index in [1.54, 1.807) is 12.1 Å². The third kappa shape index (κ3) is 2.39. The molecule has 0 radical (unpaired) electrons. The van der Waals surface area contributed by atoms with Crippen molar-refractivity contribution >= 4 is 50.8 Å². The van der Waals surface area contributed by atoms with Crippen LogP contribution in [0.2, 0.25) is 10.0 Å². The van der Waals surface area contributed by atoms with E-state index in [2.05, 4.69) is 21.2 Å². The Balaban J connectivity index is 2.31. The SMILES string of the molecule is O=C(O)C1(c2ccc(Br)cc2)CCNc2cc(Cl)cc(Cl)c21. The van der Waals surface area contributed by atoms with Crippen molar-refractivity contribution in [3.63, 3.8) is 0 Å². The molecular weight excluding hydrogens is 389 g/mol. The van der Waals surface area contributed by atoms with Gasteiger partial charge in [-0.25, -0.2) is 0 Å². The fraction of sp³-hybridized carbons (Fsp3) is 0.188. The van der Waals surface area contributed by atoms with Crippen LogP contribution in [-0.2, 0) is 10.2 Å². The lowest BCUT2D eigenvalue weighted by Crippen LogP contribution is -2.42. The van der Waals surface area contributed by atoms with Gasteiger partial charge in [-0.05, 0) is 36.2 Å². The van der Waals surface area contributed by atoms with Crippen LogP contribution < -0.4 is 5.32 Å². The summed E-state index contributed by atoms with van der Waals surface area (Å²) in [4.78, 5) is 12.2. The molecule has 6 heteroatoms. The number of benzene rings is 2. The highest BCUT2D eigenvalue weighted by atomic mass is 79.9. The number of aliphatic carboxylic acids is 1. The first-order valence-corrected chi connectivity index (χ1v) is 8.23. The smallest absolute Gasteiger partial charge is 0.318 e. The van der Waals surface area contributed by atoms with Crippen LogP contribution in [0.15, 0.2) is 40.9 Å². The minimum Gasteiger partial charge on any atom is -0.480 e. The van der Waals surface area contributed by atoms with Gasteiger partial charge < -0.3 is 10.4 Å². The van der Waals surface area contributed by atoms with E-state index in [4.69, 9.17) is 23.2 Å². The molecule has 0 bridgehead atoms. The second-order valence-corrected chi connectivity index (χ2v) is 6.96. The number of carboxylic acids is 1. The standard InChI is InChI=1S/C16H12BrCl2NO2/c17-10-3-1-9(2-4-10)16(15(21)22)5-6-20-13-8-11(18)7-12(19)14(13)16/h1-4,7-8,20H,5-6H2,(H,21,22). The van der Waals surface area contributed by atoms with Crippen molar-refractivity contribution in [3.05, 3.63) is 62.0 Å². The van der Waals surface area contributed by atoms with Crippen molar-refractivity contribution in [2.75, 3.05) is 11.9 Å². The molecule has 1 unspecified atom stereocenters. The van der Waals surface area contributed by atoms with Gasteiger partial charge in [0.25, 0.3) is 0 Å². The van der Waals surface area contributed by atoms with E-state index in [0.717, 1.165) is 4.47 Å². The number of rotatable bonds is 2. The molecule has 0 fully saturated rings. The predicted octanol–water partition coefficient (Wildman–Crippen LogP) is 4.94. The van der Waals surface area contributed by atoms with Gasteiger partial charge in [0.15, 0.2) is 0 Å². The molecule has 3 nitrogen and oxygen atoms in total. The third-order valence-corrected chi connectivity index (χ3v) is 5.04. The number of halogens is 3. The van der Waals surface area contributed by atoms with Crippen molar-refractivity contribution in [3.8, 4) is 0 Å². The van der Waals surface area contributed by atoms with Gasteiger partial charge in [0, 0.05) is 32.3 Å². The Morgan fingerprint density at radius 2 is 1.91 bits per heavy atom. The summed E-state index contributed by atoms with van der Waals surface area (Å²) in [6.45, 7) is 0.534. The minimum atomic E-state index is -1.18. The Morgan fingerprint density at radius 1 is 1.23 bits per heavy atom. The predicted molar refractivity (Wildman–Crippen MR) is 92.1 cm³/mol. The summed E-state index contributed by atoms with van der Waals surface area (Å²) < 4.78 is 0.896. The summed E-state index contributed by atoms with van der Waals surface area (Å²) in [5.41, 5.74) is 0.770. The van der Waals surface area contributed by atoms with Crippen LogP contribution in [0, 0.1) is 0 Å². The number of nitrogens with one attached hydrogen (secondary N) is 1. The van der Waals surface area contributed by atoms with E-state index in [1.165, 1.54) is 0 Å². The van der Waals surface area contributed by atoms with E-state index < -0.39 is 11.4 Å². The molecule has 22 heavy (non-hydrogen) atoms. The van der Waals surface area contributed by atoms with Crippen LogP contribution in [0.1, 0.15) is 17.5 Å². The molecule has 2 aromatic carbocycles. The fourth-order valence-corrected chi connectivity index (χ4v) is 3.94. The zero-order chi connectivity index (χ0) is 15.9. The minimum absolute atomic E-state index is 0.361. The van der Waals surface area contributed by atoms with Crippen molar-refractivity contribution in [1.82, 2.24) is 0 Å². The summed E-state index contributed by atoms with van der Waals surface area (Å²) >= 11 is 15.8. The summed E-state index contributed by atoms with van der Waals surface area (Å²) in [5.74, 6) is -0.915. The van der Waals surface area contributed by atoms with Crippen LogP contribution in [0.5, 0.6) is 0 Å². The molecule has 1 aliphatic heterocycles. The first kappa shape index (κ1) is 15.7. The molecule has 1 aliphatic rings. The van der Waals surface area contributed by atoms with E-state index in [0.29, 0.717) is 39.8 Å². The highest BCUT2D eigenvalue weighted by Gasteiger charge is 2.47. The Labute approximate surface area is 146 Å². The van der Waals surface area contributed by atoms with Crippen LogP contribution in [-0.4, -0.2) is 17.6 Å². The molecule has 0 spiro atoms. The lowest BCUT2D eigenvalue weighted by Gasteiger charge is -2.37. The van der Waals surface area contributed by atoms with Crippen LogP contribution in [0.4, 0.5) is 5.69 Å². The number of carbonyl (C=O) groups is 1. The molecule has 114 valence electrons. The molecule has 0 amide bonds. The lowest BCUT2D eigenvalue weighted by molar-refractivity contribution is -0.142. The van der Waals surface area contributed by atoms with Gasteiger partial charge in [-0.2, -0.15) is 0 Å². The zero-order valence-electron chi connectivity index (χ0n) is 11.4. The first-order chi connectivity index (χ1) is 10.4. The first-order valence-electron chi connectivity index (χ1n) is 6.68. The van der Waals surface area contributed by atoms with Gasteiger partial charge in [-0.3, -0.25) is 4.79 Å². The quantitative estimate of drug-likeness (QED) is 0.750. The van der Waals surface area contributed by atoms with Gasteiger partial charge in [0.1, 0.15) is 5.41 Å². The molecule has 3 rings (SSSR count). The molecule has 2 aromatic rings. The number of fused-ring (bicyclic) bond motifs is 1. The largest absolute Gasteiger partial charge is 0.480 e. The second-order valence-electron chi connectivity index (χ2n) is 5.20. The highest BCUT2D eigenvalue weighted by molar-refractivity contribution is 9.10. The van der Waals surface area contributed by atoms with Crippen molar-refractivity contribution < 1.29 is 9.90 Å². The molecule has 0 saturated carbocycles. The number of hydrogen-bond acceptors (Lipinski definition) is 2. The van der Waals surface area contributed by atoms with Gasteiger partial charge in [0.05, 0.1) is 0 Å². The maximum absolute atomic E-state index is 12.2. The van der Waals surface area contributed by atoms with E-state index in [9.17, 15) is 9.90 Å². The Bertz CT molecular complexity index is 749. The third-order valence-electron chi connectivity index (χ3n) is 4.00. The van der Waals surface area contributed by atoms with E-state index >= 15 is 0 Å². The molecule has 0 aliphatic carbocycles. The molecule has 0 saturated heterocycles. The lowest BCUT2D eigenvalue weighted by atomic mass is 9.69. The van der Waals surface area contributed by atoms with Gasteiger partial charge in [-0.15, -0.1) is 0 Å². The zero-order valence-corrected chi connectivity index (χ0v) is 14.5. The van der Waals surface area contributed by atoms with Crippen molar-refractivity contribution in [2.24, 2.45) is 0 Å². The van der Waals surface area contributed by atoms with E-state index in [1.807, 2.05) is 24.3 Å². The fourth-order valence-electron chi connectivity index (χ4n) is 3.02. The summed E-state index contributed by atoms with van der Waals surface area (Å²) in [5, 5.41) is 14.1. The topological polar surface area (TPSA) is 49.3 Å². The average Bonchev–Trinajstić information content (AvgIpc) is 2.46.